The van der Waals surface area contributed by atoms with Crippen molar-refractivity contribution in [3.8, 4) is 5.88 Å². The highest BCUT2D eigenvalue weighted by molar-refractivity contribution is 6.07. The van der Waals surface area contributed by atoms with Crippen LogP contribution in [0.1, 0.15) is 27.7 Å². The molecule has 0 saturated heterocycles. The predicted octanol–water partition coefficient (Wildman–Crippen LogP) is 5.79. The van der Waals surface area contributed by atoms with E-state index in [2.05, 4.69) is 23.2 Å². The molecule has 0 aliphatic rings. The van der Waals surface area contributed by atoms with Crippen LogP contribution in [0.5, 0.6) is 5.88 Å². The van der Waals surface area contributed by atoms with Crippen molar-refractivity contribution in [3.05, 3.63) is 48.5 Å². The van der Waals surface area contributed by atoms with E-state index >= 15 is 0 Å². The number of pyridine rings is 1. The normalized spacial score (nSPS) is 9.77. The number of ether oxygens (including phenoxy) is 1. The molecule has 0 N–H and O–H groups in total. The summed E-state index contributed by atoms with van der Waals surface area (Å²) in [7, 11) is 0.500. The zero-order valence-corrected chi connectivity index (χ0v) is 13.9. The first-order valence-corrected chi connectivity index (χ1v) is 7.57. The summed E-state index contributed by atoms with van der Waals surface area (Å²) >= 11 is 0. The number of benzene rings is 2. The second kappa shape index (κ2) is 8.98. The molecule has 3 aromatic rings. The lowest BCUT2D eigenvalue weighted by Gasteiger charge is -2.13. The zero-order chi connectivity index (χ0) is 16.5. The SMILES string of the molecule is CC.CC(C)Oc1nc2ccccc2c2ccccc12.CF. The molecule has 0 atom stereocenters. The van der Waals surface area contributed by atoms with Crippen LogP contribution >= 0.6 is 0 Å². The second-order valence-electron chi connectivity index (χ2n) is 4.65. The van der Waals surface area contributed by atoms with E-state index in [0.717, 1.165) is 16.8 Å². The fourth-order valence-electron chi connectivity index (χ4n) is 2.19. The molecule has 3 heteroatoms. The van der Waals surface area contributed by atoms with Crippen LogP contribution in [-0.2, 0) is 0 Å². The van der Waals surface area contributed by atoms with Gasteiger partial charge in [0, 0.05) is 10.8 Å². The number of hydrogen-bond donors (Lipinski definition) is 0. The Balaban J connectivity index is 0.000000561. The average molecular weight is 301 g/mol. The van der Waals surface area contributed by atoms with Crippen LogP contribution in [-0.4, -0.2) is 18.3 Å². The molecule has 2 aromatic carbocycles. The van der Waals surface area contributed by atoms with E-state index in [1.54, 1.807) is 0 Å². The molecule has 0 saturated carbocycles. The molecule has 0 bridgehead atoms. The molecule has 118 valence electrons. The van der Waals surface area contributed by atoms with Crippen LogP contribution in [0.25, 0.3) is 21.7 Å². The van der Waals surface area contributed by atoms with Crippen molar-refractivity contribution >= 4 is 21.7 Å². The van der Waals surface area contributed by atoms with E-state index in [0.29, 0.717) is 7.18 Å². The fraction of sp³-hybridized carbons (Fsp3) is 0.316. The van der Waals surface area contributed by atoms with Gasteiger partial charge in [0.25, 0.3) is 0 Å². The summed E-state index contributed by atoms with van der Waals surface area (Å²) in [6.07, 6.45) is 0.127. The largest absolute Gasteiger partial charge is 0.474 e. The Labute approximate surface area is 131 Å². The number of rotatable bonds is 2. The molecule has 0 fully saturated rings. The van der Waals surface area contributed by atoms with Crippen molar-refractivity contribution in [1.82, 2.24) is 4.98 Å². The third kappa shape index (κ3) is 3.94. The van der Waals surface area contributed by atoms with E-state index in [1.165, 1.54) is 10.8 Å². The van der Waals surface area contributed by atoms with Crippen molar-refractivity contribution in [1.29, 1.82) is 0 Å². The van der Waals surface area contributed by atoms with Gasteiger partial charge in [-0.1, -0.05) is 50.2 Å². The number of alkyl halides is 1. The number of aromatic nitrogens is 1. The molecular weight excluding hydrogens is 277 g/mol. The second-order valence-corrected chi connectivity index (χ2v) is 4.65. The summed E-state index contributed by atoms with van der Waals surface area (Å²) in [4.78, 5) is 4.62. The smallest absolute Gasteiger partial charge is 0.222 e. The first-order chi connectivity index (χ1) is 10.8. The van der Waals surface area contributed by atoms with Gasteiger partial charge in [-0.05, 0) is 31.4 Å². The first-order valence-electron chi connectivity index (χ1n) is 7.57. The Morgan fingerprint density at radius 1 is 0.818 bits per heavy atom. The summed E-state index contributed by atoms with van der Waals surface area (Å²) in [5.41, 5.74) is 0.979. The van der Waals surface area contributed by atoms with Crippen LogP contribution in [0.4, 0.5) is 4.39 Å². The Morgan fingerprint density at radius 3 is 1.91 bits per heavy atom. The first kappa shape index (κ1) is 17.9. The highest BCUT2D eigenvalue weighted by Crippen LogP contribution is 2.30. The van der Waals surface area contributed by atoms with Crippen molar-refractivity contribution in [2.45, 2.75) is 33.8 Å². The lowest BCUT2D eigenvalue weighted by molar-refractivity contribution is 0.237. The van der Waals surface area contributed by atoms with Crippen molar-refractivity contribution in [3.63, 3.8) is 0 Å². The Morgan fingerprint density at radius 2 is 1.32 bits per heavy atom. The van der Waals surface area contributed by atoms with Gasteiger partial charge in [0.2, 0.25) is 5.88 Å². The molecule has 0 spiro atoms. The van der Waals surface area contributed by atoms with Crippen molar-refractivity contribution in [2.24, 2.45) is 0 Å². The third-order valence-corrected chi connectivity index (χ3v) is 2.92. The van der Waals surface area contributed by atoms with Crippen LogP contribution in [0, 0.1) is 0 Å². The molecule has 1 heterocycles. The Hall–Kier alpha value is -2.16. The van der Waals surface area contributed by atoms with Gasteiger partial charge >= 0.3 is 0 Å². The molecule has 0 radical (unpaired) electrons. The highest BCUT2D eigenvalue weighted by atomic mass is 19.1. The summed E-state index contributed by atoms with van der Waals surface area (Å²) in [6.45, 7) is 8.04. The summed E-state index contributed by atoms with van der Waals surface area (Å²) in [6, 6.07) is 16.4. The van der Waals surface area contributed by atoms with Crippen LogP contribution in [0.3, 0.4) is 0 Å². The average Bonchev–Trinajstić information content (AvgIpc) is 2.58. The predicted molar refractivity (Wildman–Crippen MR) is 93.4 cm³/mol. The van der Waals surface area contributed by atoms with Crippen molar-refractivity contribution < 1.29 is 9.13 Å². The van der Waals surface area contributed by atoms with Gasteiger partial charge in [-0.25, -0.2) is 4.98 Å². The lowest BCUT2D eigenvalue weighted by Crippen LogP contribution is -2.07. The molecule has 2 nitrogen and oxygen atoms in total. The fourth-order valence-corrected chi connectivity index (χ4v) is 2.19. The summed E-state index contributed by atoms with van der Waals surface area (Å²) < 4.78 is 15.3. The molecular formula is C19H24FNO. The third-order valence-electron chi connectivity index (χ3n) is 2.92. The maximum atomic E-state index is 9.50. The van der Waals surface area contributed by atoms with Crippen LogP contribution in [0.15, 0.2) is 48.5 Å². The number of fused-ring (bicyclic) bond motifs is 3. The van der Waals surface area contributed by atoms with Crippen molar-refractivity contribution in [2.75, 3.05) is 7.18 Å². The highest BCUT2D eigenvalue weighted by Gasteiger charge is 2.09. The standard InChI is InChI=1S/C16H15NO.C2H6.CH3F/c1-11(2)18-16-14-9-4-3-7-12(14)13-8-5-6-10-15(13)17-16;2*1-2/h3-11H,1-2H3;1-2H3;1H3. The number of nitrogens with zero attached hydrogens (tertiary/aromatic N) is 1. The van der Waals surface area contributed by atoms with Gasteiger partial charge in [-0.2, -0.15) is 0 Å². The number of halogens is 1. The summed E-state index contributed by atoms with van der Waals surface area (Å²) in [5, 5.41) is 3.44. The topological polar surface area (TPSA) is 22.1 Å². The molecule has 3 rings (SSSR count). The number of para-hydroxylation sites is 1. The molecule has 1 aromatic heterocycles. The Bertz CT molecular complexity index is 710. The minimum absolute atomic E-state index is 0.127. The lowest BCUT2D eigenvalue weighted by atomic mass is 10.1. The molecule has 0 amide bonds. The van der Waals surface area contributed by atoms with E-state index in [1.807, 2.05) is 58.0 Å². The van der Waals surface area contributed by atoms with E-state index in [-0.39, 0.29) is 6.10 Å². The van der Waals surface area contributed by atoms with Gasteiger partial charge in [-0.15, -0.1) is 0 Å². The molecule has 0 aliphatic carbocycles. The minimum atomic E-state index is 0.127. The van der Waals surface area contributed by atoms with E-state index in [4.69, 9.17) is 4.74 Å². The molecule has 22 heavy (non-hydrogen) atoms. The zero-order valence-electron chi connectivity index (χ0n) is 13.9. The van der Waals surface area contributed by atoms with Gasteiger partial charge in [-0.3, -0.25) is 4.39 Å². The summed E-state index contributed by atoms with van der Waals surface area (Å²) in [5.74, 6) is 0.722. The molecule has 0 aliphatic heterocycles. The van der Waals surface area contributed by atoms with Crippen LogP contribution < -0.4 is 4.74 Å². The number of hydrogen-bond acceptors (Lipinski definition) is 2. The quantitative estimate of drug-likeness (QED) is 0.559. The van der Waals surface area contributed by atoms with Gasteiger partial charge < -0.3 is 4.74 Å². The maximum Gasteiger partial charge on any atom is 0.222 e. The maximum absolute atomic E-state index is 9.50. The monoisotopic (exact) mass is 301 g/mol. The van der Waals surface area contributed by atoms with E-state index in [9.17, 15) is 4.39 Å². The van der Waals surface area contributed by atoms with Gasteiger partial charge in [0.1, 0.15) is 0 Å². The Kier molecular flexibility index (Phi) is 7.30. The van der Waals surface area contributed by atoms with E-state index < -0.39 is 0 Å². The van der Waals surface area contributed by atoms with Gasteiger partial charge in [0.15, 0.2) is 0 Å². The molecule has 0 unspecified atom stereocenters. The minimum Gasteiger partial charge on any atom is -0.474 e. The van der Waals surface area contributed by atoms with Crippen LogP contribution in [0.2, 0.25) is 0 Å². The van der Waals surface area contributed by atoms with Gasteiger partial charge in [0.05, 0.1) is 18.8 Å².